The Labute approximate surface area is 107 Å². The zero-order valence-corrected chi connectivity index (χ0v) is 12.5. The zero-order chi connectivity index (χ0) is 13.3. The molecule has 0 amide bonds. The van der Waals surface area contributed by atoms with Crippen molar-refractivity contribution in [2.75, 3.05) is 19.8 Å². The first-order valence-electron chi connectivity index (χ1n) is 6.99. The molecule has 0 heterocycles. The Morgan fingerprint density at radius 2 is 1.82 bits per heavy atom. The maximum atomic E-state index is 5.93. The number of nitrogens with one attached hydrogen (secondary N) is 1. The van der Waals surface area contributed by atoms with E-state index in [9.17, 15) is 0 Å². The highest BCUT2D eigenvalue weighted by molar-refractivity contribution is 4.88. The Bertz CT molecular complexity index is 185. The van der Waals surface area contributed by atoms with E-state index in [1.807, 2.05) is 6.92 Å². The molecule has 0 saturated heterocycles. The minimum Gasteiger partial charge on any atom is -0.377 e. The molecule has 2 atom stereocenters. The number of rotatable bonds is 10. The summed E-state index contributed by atoms with van der Waals surface area (Å²) < 4.78 is 11.7. The second-order valence-corrected chi connectivity index (χ2v) is 4.99. The summed E-state index contributed by atoms with van der Waals surface area (Å²) in [6.45, 7) is 15.2. The van der Waals surface area contributed by atoms with Gasteiger partial charge >= 0.3 is 0 Å². The van der Waals surface area contributed by atoms with Crippen LogP contribution in [0.1, 0.15) is 54.4 Å². The van der Waals surface area contributed by atoms with Crippen LogP contribution in [-0.4, -0.2) is 37.5 Å². The number of hydrogen-bond acceptors (Lipinski definition) is 3. The van der Waals surface area contributed by atoms with Gasteiger partial charge in [-0.05, 0) is 47.1 Å². The maximum Gasteiger partial charge on any atom is 0.0826 e. The lowest BCUT2D eigenvalue weighted by Gasteiger charge is -2.37. The highest BCUT2D eigenvalue weighted by Crippen LogP contribution is 2.21. The first kappa shape index (κ1) is 16.9. The van der Waals surface area contributed by atoms with Gasteiger partial charge in [-0.15, -0.1) is 0 Å². The normalized spacial score (nSPS) is 17.1. The van der Waals surface area contributed by atoms with Gasteiger partial charge in [0.2, 0.25) is 0 Å². The largest absolute Gasteiger partial charge is 0.377 e. The van der Waals surface area contributed by atoms with E-state index in [0.717, 1.165) is 26.0 Å². The van der Waals surface area contributed by atoms with Gasteiger partial charge in [0.05, 0.1) is 24.4 Å². The minimum atomic E-state index is -0.140. The van der Waals surface area contributed by atoms with Crippen molar-refractivity contribution >= 4 is 0 Å². The van der Waals surface area contributed by atoms with Gasteiger partial charge in [0, 0.05) is 6.61 Å². The zero-order valence-electron chi connectivity index (χ0n) is 12.5. The SMILES string of the molecule is CCCNC(COC(C)C)C(C)(CC)OCC. The van der Waals surface area contributed by atoms with Gasteiger partial charge in [-0.2, -0.15) is 0 Å². The Kier molecular flexibility index (Phi) is 8.83. The van der Waals surface area contributed by atoms with Crippen LogP contribution in [0.3, 0.4) is 0 Å². The van der Waals surface area contributed by atoms with Crippen LogP contribution in [0.2, 0.25) is 0 Å². The van der Waals surface area contributed by atoms with Crippen LogP contribution in [0, 0.1) is 0 Å². The lowest BCUT2D eigenvalue weighted by molar-refractivity contribution is -0.0807. The fourth-order valence-corrected chi connectivity index (χ4v) is 1.84. The summed E-state index contributed by atoms with van der Waals surface area (Å²) in [6, 6.07) is 0.259. The molecule has 17 heavy (non-hydrogen) atoms. The van der Waals surface area contributed by atoms with Gasteiger partial charge in [0.15, 0.2) is 0 Å². The van der Waals surface area contributed by atoms with Gasteiger partial charge in [-0.3, -0.25) is 0 Å². The van der Waals surface area contributed by atoms with Crippen LogP contribution in [0.4, 0.5) is 0 Å². The molecule has 0 rings (SSSR count). The minimum absolute atomic E-state index is 0.140. The molecule has 0 aliphatic carbocycles. The predicted molar refractivity (Wildman–Crippen MR) is 73.5 cm³/mol. The Balaban J connectivity index is 4.49. The third-order valence-electron chi connectivity index (χ3n) is 3.15. The lowest BCUT2D eigenvalue weighted by atomic mass is 9.93. The van der Waals surface area contributed by atoms with Crippen molar-refractivity contribution in [3.8, 4) is 0 Å². The van der Waals surface area contributed by atoms with Crippen LogP contribution < -0.4 is 5.32 Å². The van der Waals surface area contributed by atoms with E-state index in [-0.39, 0.29) is 17.7 Å². The van der Waals surface area contributed by atoms with Crippen molar-refractivity contribution in [1.82, 2.24) is 5.32 Å². The van der Waals surface area contributed by atoms with Crippen molar-refractivity contribution in [1.29, 1.82) is 0 Å². The van der Waals surface area contributed by atoms with Crippen molar-refractivity contribution in [3.63, 3.8) is 0 Å². The van der Waals surface area contributed by atoms with Crippen molar-refractivity contribution in [2.45, 2.75) is 72.1 Å². The smallest absolute Gasteiger partial charge is 0.0826 e. The molecule has 0 aromatic heterocycles. The Hall–Kier alpha value is -0.120. The van der Waals surface area contributed by atoms with Crippen molar-refractivity contribution < 1.29 is 9.47 Å². The van der Waals surface area contributed by atoms with E-state index >= 15 is 0 Å². The molecule has 0 fully saturated rings. The van der Waals surface area contributed by atoms with E-state index in [1.54, 1.807) is 0 Å². The first-order valence-corrected chi connectivity index (χ1v) is 6.99. The number of hydrogen-bond donors (Lipinski definition) is 1. The summed E-state index contributed by atoms with van der Waals surface area (Å²) in [5, 5.41) is 3.55. The summed E-state index contributed by atoms with van der Waals surface area (Å²) in [6.07, 6.45) is 2.39. The molecule has 0 aromatic rings. The molecule has 2 unspecified atom stereocenters. The molecule has 3 heteroatoms. The topological polar surface area (TPSA) is 30.5 Å². The second kappa shape index (κ2) is 8.90. The highest BCUT2D eigenvalue weighted by Gasteiger charge is 2.33. The van der Waals surface area contributed by atoms with Crippen LogP contribution >= 0.6 is 0 Å². The van der Waals surface area contributed by atoms with Gasteiger partial charge in [-0.25, -0.2) is 0 Å². The molecule has 1 N–H and O–H groups in total. The monoisotopic (exact) mass is 245 g/mol. The van der Waals surface area contributed by atoms with Crippen molar-refractivity contribution in [3.05, 3.63) is 0 Å². The van der Waals surface area contributed by atoms with Crippen molar-refractivity contribution in [2.24, 2.45) is 0 Å². The fourth-order valence-electron chi connectivity index (χ4n) is 1.84. The van der Waals surface area contributed by atoms with Gasteiger partial charge < -0.3 is 14.8 Å². The van der Waals surface area contributed by atoms with E-state index in [2.05, 4.69) is 39.9 Å². The van der Waals surface area contributed by atoms with E-state index in [0.29, 0.717) is 6.61 Å². The fraction of sp³-hybridized carbons (Fsp3) is 1.00. The molecule has 0 radical (unpaired) electrons. The maximum absolute atomic E-state index is 5.93. The lowest BCUT2D eigenvalue weighted by Crippen LogP contribution is -2.53. The Morgan fingerprint density at radius 1 is 1.18 bits per heavy atom. The molecule has 0 saturated carbocycles. The highest BCUT2D eigenvalue weighted by atomic mass is 16.5. The van der Waals surface area contributed by atoms with Gasteiger partial charge in [-0.1, -0.05) is 13.8 Å². The van der Waals surface area contributed by atoms with Crippen LogP contribution in [-0.2, 0) is 9.47 Å². The summed E-state index contributed by atoms with van der Waals surface area (Å²) in [5.41, 5.74) is -0.140. The third-order valence-corrected chi connectivity index (χ3v) is 3.15. The summed E-state index contributed by atoms with van der Waals surface area (Å²) in [7, 11) is 0. The summed E-state index contributed by atoms with van der Waals surface area (Å²) in [4.78, 5) is 0. The van der Waals surface area contributed by atoms with E-state index in [4.69, 9.17) is 9.47 Å². The van der Waals surface area contributed by atoms with E-state index in [1.165, 1.54) is 0 Å². The molecule has 0 aliphatic heterocycles. The summed E-state index contributed by atoms with van der Waals surface area (Å²) >= 11 is 0. The molecule has 0 aliphatic rings. The van der Waals surface area contributed by atoms with Gasteiger partial charge in [0.25, 0.3) is 0 Å². The number of ether oxygens (including phenoxy) is 2. The molecule has 3 nitrogen and oxygen atoms in total. The average molecular weight is 245 g/mol. The van der Waals surface area contributed by atoms with E-state index < -0.39 is 0 Å². The third kappa shape index (κ3) is 6.39. The molecule has 0 aromatic carbocycles. The standard InChI is InChI=1S/C14H31NO2/c1-7-10-15-13(11-16-12(4)5)14(6,8-2)17-9-3/h12-13,15H,7-11H2,1-6H3. The molecule has 0 bridgehead atoms. The first-order chi connectivity index (χ1) is 8.00. The molecule has 104 valence electrons. The van der Waals surface area contributed by atoms with Crippen LogP contribution in [0.25, 0.3) is 0 Å². The predicted octanol–water partition coefficient (Wildman–Crippen LogP) is 2.98. The molecular formula is C14H31NO2. The summed E-state index contributed by atoms with van der Waals surface area (Å²) in [5.74, 6) is 0. The van der Waals surface area contributed by atoms with Gasteiger partial charge in [0.1, 0.15) is 0 Å². The average Bonchev–Trinajstić information content (AvgIpc) is 2.29. The molecular weight excluding hydrogens is 214 g/mol. The van der Waals surface area contributed by atoms with Crippen LogP contribution in [0.15, 0.2) is 0 Å². The molecule has 0 spiro atoms. The Morgan fingerprint density at radius 3 is 2.24 bits per heavy atom. The quantitative estimate of drug-likeness (QED) is 0.642. The van der Waals surface area contributed by atoms with Crippen LogP contribution in [0.5, 0.6) is 0 Å². The second-order valence-electron chi connectivity index (χ2n) is 4.99.